The first-order valence-electron chi connectivity index (χ1n) is 8.32. The zero-order chi connectivity index (χ0) is 16.3. The van der Waals surface area contributed by atoms with Crippen LogP contribution in [-0.4, -0.2) is 55.9 Å². The van der Waals surface area contributed by atoms with E-state index in [2.05, 4.69) is 9.88 Å². The Kier molecular flexibility index (Phi) is 5.31. The van der Waals surface area contributed by atoms with Gasteiger partial charge in [0.15, 0.2) is 9.84 Å². The molecule has 7 heteroatoms. The molecule has 1 aromatic rings. The van der Waals surface area contributed by atoms with Crippen LogP contribution in [0.15, 0.2) is 23.2 Å². The SMILES string of the molecule is NCc1ccc(S(=O)(=O)C2CCN(C3CCOCC3)CC2)cn1. The van der Waals surface area contributed by atoms with E-state index in [1.165, 1.54) is 6.20 Å². The molecule has 6 nitrogen and oxygen atoms in total. The van der Waals surface area contributed by atoms with E-state index in [9.17, 15) is 8.42 Å². The molecule has 23 heavy (non-hydrogen) atoms. The zero-order valence-electron chi connectivity index (χ0n) is 13.4. The molecule has 128 valence electrons. The summed E-state index contributed by atoms with van der Waals surface area (Å²) in [5.41, 5.74) is 6.22. The molecule has 0 unspecified atom stereocenters. The predicted octanol–water partition coefficient (Wildman–Crippen LogP) is 0.957. The minimum absolute atomic E-state index is 0.302. The van der Waals surface area contributed by atoms with Gasteiger partial charge in [-0.15, -0.1) is 0 Å². The predicted molar refractivity (Wildman–Crippen MR) is 87.8 cm³/mol. The van der Waals surface area contributed by atoms with E-state index in [4.69, 9.17) is 10.5 Å². The van der Waals surface area contributed by atoms with Crippen LogP contribution in [0, 0.1) is 0 Å². The fraction of sp³-hybridized carbons (Fsp3) is 0.688. The molecule has 0 aliphatic carbocycles. The van der Waals surface area contributed by atoms with Gasteiger partial charge >= 0.3 is 0 Å². The molecule has 2 fully saturated rings. The van der Waals surface area contributed by atoms with Crippen molar-refractivity contribution >= 4 is 9.84 Å². The van der Waals surface area contributed by atoms with Gasteiger partial charge in [0.2, 0.25) is 0 Å². The molecule has 1 aromatic heterocycles. The summed E-state index contributed by atoms with van der Waals surface area (Å²) in [5.74, 6) is 0. The van der Waals surface area contributed by atoms with Crippen molar-refractivity contribution in [2.24, 2.45) is 5.73 Å². The van der Waals surface area contributed by atoms with Gasteiger partial charge in [0.05, 0.1) is 15.8 Å². The number of pyridine rings is 1. The molecule has 0 aromatic carbocycles. The van der Waals surface area contributed by atoms with Crippen LogP contribution in [0.1, 0.15) is 31.4 Å². The third-order valence-corrected chi connectivity index (χ3v) is 7.21. The van der Waals surface area contributed by atoms with E-state index < -0.39 is 9.84 Å². The molecule has 2 aliphatic heterocycles. The van der Waals surface area contributed by atoms with Crippen molar-refractivity contribution in [1.29, 1.82) is 0 Å². The lowest BCUT2D eigenvalue weighted by Gasteiger charge is -2.38. The van der Waals surface area contributed by atoms with Gasteiger partial charge in [0, 0.05) is 32.0 Å². The largest absolute Gasteiger partial charge is 0.381 e. The lowest BCUT2D eigenvalue weighted by Crippen LogP contribution is -2.46. The molecule has 0 spiro atoms. The van der Waals surface area contributed by atoms with E-state index in [1.807, 2.05) is 0 Å². The maximum atomic E-state index is 12.8. The number of piperidine rings is 1. The van der Waals surface area contributed by atoms with Crippen LogP contribution in [0.2, 0.25) is 0 Å². The summed E-state index contributed by atoms with van der Waals surface area (Å²) < 4.78 is 30.9. The number of hydrogen-bond donors (Lipinski definition) is 1. The Bertz CT molecular complexity index is 604. The van der Waals surface area contributed by atoms with Crippen molar-refractivity contribution in [3.63, 3.8) is 0 Å². The Morgan fingerprint density at radius 3 is 2.43 bits per heavy atom. The van der Waals surface area contributed by atoms with Crippen molar-refractivity contribution < 1.29 is 13.2 Å². The van der Waals surface area contributed by atoms with Gasteiger partial charge in [0.25, 0.3) is 0 Å². The highest BCUT2D eigenvalue weighted by atomic mass is 32.2. The number of nitrogens with two attached hydrogens (primary N) is 1. The van der Waals surface area contributed by atoms with E-state index in [-0.39, 0.29) is 5.25 Å². The van der Waals surface area contributed by atoms with Crippen LogP contribution in [-0.2, 0) is 21.1 Å². The number of sulfone groups is 1. The van der Waals surface area contributed by atoms with Crippen LogP contribution in [0.5, 0.6) is 0 Å². The van der Waals surface area contributed by atoms with Crippen molar-refractivity contribution in [2.45, 2.75) is 48.4 Å². The molecule has 2 N–H and O–H groups in total. The first-order valence-corrected chi connectivity index (χ1v) is 9.86. The van der Waals surface area contributed by atoms with Gasteiger partial charge in [0.1, 0.15) is 0 Å². The second-order valence-electron chi connectivity index (χ2n) is 6.31. The number of ether oxygens (including phenoxy) is 1. The first-order chi connectivity index (χ1) is 11.1. The van der Waals surface area contributed by atoms with E-state index in [1.54, 1.807) is 12.1 Å². The molecular weight excluding hydrogens is 314 g/mol. The van der Waals surface area contributed by atoms with Gasteiger partial charge in [-0.3, -0.25) is 4.98 Å². The quantitative estimate of drug-likeness (QED) is 0.879. The third kappa shape index (κ3) is 3.74. The Labute approximate surface area is 137 Å². The summed E-state index contributed by atoms with van der Waals surface area (Å²) in [5, 5.41) is -0.302. The standard InChI is InChI=1S/C16H25N3O3S/c17-11-13-1-2-16(12-18-13)23(20,21)15-3-7-19(8-4-15)14-5-9-22-10-6-14/h1-2,12,14-15H,3-11,17H2. The second-order valence-corrected chi connectivity index (χ2v) is 8.54. The van der Waals surface area contributed by atoms with Gasteiger partial charge < -0.3 is 15.4 Å². The van der Waals surface area contributed by atoms with Gasteiger partial charge in [-0.25, -0.2) is 8.42 Å². The summed E-state index contributed by atoms with van der Waals surface area (Å²) in [4.78, 5) is 6.87. The minimum Gasteiger partial charge on any atom is -0.381 e. The summed E-state index contributed by atoms with van der Waals surface area (Å²) in [6.07, 6.45) is 4.95. The van der Waals surface area contributed by atoms with Crippen LogP contribution < -0.4 is 5.73 Å². The lowest BCUT2D eigenvalue weighted by atomic mass is 10.0. The number of rotatable bonds is 4. The fourth-order valence-corrected chi connectivity index (χ4v) is 5.17. The van der Waals surface area contributed by atoms with E-state index in [0.717, 1.165) is 39.1 Å². The topological polar surface area (TPSA) is 85.5 Å². The second kappa shape index (κ2) is 7.25. The molecule has 3 rings (SSSR count). The Balaban J connectivity index is 1.63. The molecule has 0 amide bonds. The average molecular weight is 339 g/mol. The maximum absolute atomic E-state index is 12.8. The first kappa shape index (κ1) is 16.8. The van der Waals surface area contributed by atoms with Crippen molar-refractivity contribution in [3.05, 3.63) is 24.0 Å². The highest BCUT2D eigenvalue weighted by Crippen LogP contribution is 2.27. The highest BCUT2D eigenvalue weighted by molar-refractivity contribution is 7.92. The smallest absolute Gasteiger partial charge is 0.182 e. The van der Waals surface area contributed by atoms with Crippen LogP contribution in [0.4, 0.5) is 0 Å². The van der Waals surface area contributed by atoms with Crippen molar-refractivity contribution in [3.8, 4) is 0 Å². The van der Waals surface area contributed by atoms with E-state index >= 15 is 0 Å². The highest BCUT2D eigenvalue weighted by Gasteiger charge is 2.33. The maximum Gasteiger partial charge on any atom is 0.182 e. The molecule has 0 atom stereocenters. The van der Waals surface area contributed by atoms with Crippen LogP contribution >= 0.6 is 0 Å². The summed E-state index contributed by atoms with van der Waals surface area (Å²) in [7, 11) is -3.30. The van der Waals surface area contributed by atoms with Crippen molar-refractivity contribution in [2.75, 3.05) is 26.3 Å². The normalized spacial score (nSPS) is 22.3. The molecule has 2 aliphatic rings. The summed E-state index contributed by atoms with van der Waals surface area (Å²) >= 11 is 0. The van der Waals surface area contributed by atoms with Gasteiger partial charge in [-0.1, -0.05) is 0 Å². The average Bonchev–Trinajstić information content (AvgIpc) is 2.62. The molecule has 0 saturated carbocycles. The Hall–Kier alpha value is -1.02. The number of hydrogen-bond acceptors (Lipinski definition) is 6. The Morgan fingerprint density at radius 2 is 1.87 bits per heavy atom. The molecule has 2 saturated heterocycles. The summed E-state index contributed by atoms with van der Waals surface area (Å²) in [6.45, 7) is 3.67. The van der Waals surface area contributed by atoms with Gasteiger partial charge in [-0.2, -0.15) is 0 Å². The Morgan fingerprint density at radius 1 is 1.17 bits per heavy atom. The van der Waals surface area contributed by atoms with Crippen LogP contribution in [0.3, 0.4) is 0 Å². The zero-order valence-corrected chi connectivity index (χ0v) is 14.2. The number of aromatic nitrogens is 1. The molecule has 3 heterocycles. The monoisotopic (exact) mass is 339 g/mol. The fourth-order valence-electron chi connectivity index (χ4n) is 3.49. The minimum atomic E-state index is -3.30. The molecular formula is C16H25N3O3S. The van der Waals surface area contributed by atoms with Gasteiger partial charge in [-0.05, 0) is 50.9 Å². The third-order valence-electron chi connectivity index (χ3n) is 4.96. The van der Waals surface area contributed by atoms with Crippen LogP contribution in [0.25, 0.3) is 0 Å². The molecule has 0 bridgehead atoms. The summed E-state index contributed by atoms with van der Waals surface area (Å²) in [6, 6.07) is 3.89. The van der Waals surface area contributed by atoms with E-state index in [0.29, 0.717) is 36.0 Å². The number of nitrogens with zero attached hydrogens (tertiary/aromatic N) is 2. The lowest BCUT2D eigenvalue weighted by molar-refractivity contribution is 0.0277. The van der Waals surface area contributed by atoms with Crippen molar-refractivity contribution in [1.82, 2.24) is 9.88 Å². The number of likely N-dealkylation sites (tertiary alicyclic amines) is 1. The molecule has 0 radical (unpaired) electrons.